The molecular formula is C16H15N3O2. The number of ether oxygens (including phenoxy) is 1. The predicted molar refractivity (Wildman–Crippen MR) is 80.1 cm³/mol. The maximum atomic E-state index is 5.84. The molecule has 1 N–H and O–H groups in total. The number of hydrogen-bond donors (Lipinski definition) is 1. The standard InChI is InChI=1S/C16H15N3O2/c1-2-4-11(5-3-1)14-8-13-15(17-10-18-16(13)21-14)19-12-6-7-20-9-12/h1-5,8,10,12H,6-7,9H2,(H,17,18,19). The van der Waals surface area contributed by atoms with Crippen molar-refractivity contribution >= 4 is 16.9 Å². The highest BCUT2D eigenvalue weighted by atomic mass is 16.5. The van der Waals surface area contributed by atoms with Crippen molar-refractivity contribution in [3.8, 4) is 11.3 Å². The van der Waals surface area contributed by atoms with Crippen LogP contribution in [-0.4, -0.2) is 29.2 Å². The van der Waals surface area contributed by atoms with E-state index < -0.39 is 0 Å². The van der Waals surface area contributed by atoms with Crippen molar-refractivity contribution < 1.29 is 9.15 Å². The minimum absolute atomic E-state index is 0.304. The van der Waals surface area contributed by atoms with Gasteiger partial charge in [-0.3, -0.25) is 0 Å². The molecule has 1 saturated heterocycles. The van der Waals surface area contributed by atoms with Crippen LogP contribution < -0.4 is 5.32 Å². The van der Waals surface area contributed by atoms with Gasteiger partial charge < -0.3 is 14.5 Å². The lowest BCUT2D eigenvalue weighted by atomic mass is 10.1. The van der Waals surface area contributed by atoms with Crippen molar-refractivity contribution in [3.05, 3.63) is 42.7 Å². The zero-order valence-corrected chi connectivity index (χ0v) is 11.5. The number of fused-ring (bicyclic) bond motifs is 1. The summed E-state index contributed by atoms with van der Waals surface area (Å²) < 4.78 is 11.2. The van der Waals surface area contributed by atoms with Crippen LogP contribution in [0.3, 0.4) is 0 Å². The molecule has 2 aromatic heterocycles. The summed E-state index contributed by atoms with van der Waals surface area (Å²) in [6, 6.07) is 12.3. The largest absolute Gasteiger partial charge is 0.438 e. The maximum absolute atomic E-state index is 5.84. The van der Waals surface area contributed by atoms with Crippen molar-refractivity contribution in [2.75, 3.05) is 18.5 Å². The van der Waals surface area contributed by atoms with Crippen LogP contribution in [0.15, 0.2) is 47.1 Å². The van der Waals surface area contributed by atoms with E-state index in [1.165, 1.54) is 6.33 Å². The summed E-state index contributed by atoms with van der Waals surface area (Å²) in [7, 11) is 0. The Hall–Kier alpha value is -2.40. The summed E-state index contributed by atoms with van der Waals surface area (Å²) in [5.74, 6) is 1.61. The van der Waals surface area contributed by atoms with Crippen LogP contribution >= 0.6 is 0 Å². The summed E-state index contributed by atoms with van der Waals surface area (Å²) in [4.78, 5) is 8.55. The third kappa shape index (κ3) is 2.36. The highest BCUT2D eigenvalue weighted by Gasteiger charge is 2.18. The van der Waals surface area contributed by atoms with Gasteiger partial charge in [-0.15, -0.1) is 0 Å². The molecule has 0 radical (unpaired) electrons. The van der Waals surface area contributed by atoms with Crippen molar-refractivity contribution in [2.24, 2.45) is 0 Å². The molecule has 1 aromatic carbocycles. The predicted octanol–water partition coefficient (Wildman–Crippen LogP) is 3.09. The molecule has 1 atom stereocenters. The number of aromatic nitrogens is 2. The van der Waals surface area contributed by atoms with Crippen LogP contribution in [0.5, 0.6) is 0 Å². The molecule has 21 heavy (non-hydrogen) atoms. The van der Waals surface area contributed by atoms with Crippen LogP contribution in [0.4, 0.5) is 5.82 Å². The number of rotatable bonds is 3. The Bertz CT molecular complexity index is 749. The lowest BCUT2D eigenvalue weighted by Gasteiger charge is -2.10. The van der Waals surface area contributed by atoms with Gasteiger partial charge in [0.25, 0.3) is 0 Å². The first-order valence-electron chi connectivity index (χ1n) is 7.04. The third-order valence-electron chi connectivity index (χ3n) is 3.66. The fraction of sp³-hybridized carbons (Fsp3) is 0.250. The molecule has 1 fully saturated rings. The van der Waals surface area contributed by atoms with Gasteiger partial charge in [0.1, 0.15) is 17.9 Å². The van der Waals surface area contributed by atoms with Gasteiger partial charge >= 0.3 is 0 Å². The highest BCUT2D eigenvalue weighted by molar-refractivity contribution is 5.89. The average Bonchev–Trinajstić information content (AvgIpc) is 3.17. The molecule has 0 saturated carbocycles. The minimum atomic E-state index is 0.304. The molecule has 0 amide bonds. The Kier molecular flexibility index (Phi) is 3.05. The van der Waals surface area contributed by atoms with E-state index >= 15 is 0 Å². The normalized spacial score (nSPS) is 18.2. The van der Waals surface area contributed by atoms with E-state index in [-0.39, 0.29) is 0 Å². The first-order chi connectivity index (χ1) is 10.4. The topological polar surface area (TPSA) is 60.2 Å². The van der Waals surface area contributed by atoms with Crippen molar-refractivity contribution in [3.63, 3.8) is 0 Å². The second-order valence-corrected chi connectivity index (χ2v) is 5.12. The molecule has 1 aliphatic heterocycles. The molecule has 106 valence electrons. The van der Waals surface area contributed by atoms with E-state index in [1.807, 2.05) is 36.4 Å². The molecule has 0 aliphatic carbocycles. The second-order valence-electron chi connectivity index (χ2n) is 5.12. The SMILES string of the molecule is c1ccc(-c2cc3c(NC4CCOC4)ncnc3o2)cc1. The van der Waals surface area contributed by atoms with Crippen LogP contribution in [0, 0.1) is 0 Å². The summed E-state index contributed by atoms with van der Waals surface area (Å²) in [6.45, 7) is 1.52. The molecule has 4 rings (SSSR count). The van der Waals surface area contributed by atoms with E-state index in [2.05, 4.69) is 15.3 Å². The van der Waals surface area contributed by atoms with Crippen LogP contribution in [0.2, 0.25) is 0 Å². The number of benzene rings is 1. The Balaban J connectivity index is 1.73. The van der Waals surface area contributed by atoms with Crippen LogP contribution in [0.25, 0.3) is 22.4 Å². The van der Waals surface area contributed by atoms with Crippen LogP contribution in [-0.2, 0) is 4.74 Å². The quantitative estimate of drug-likeness (QED) is 0.799. The molecule has 1 unspecified atom stereocenters. The van der Waals surface area contributed by atoms with Gasteiger partial charge in [-0.1, -0.05) is 30.3 Å². The Labute approximate surface area is 122 Å². The van der Waals surface area contributed by atoms with E-state index in [0.29, 0.717) is 11.8 Å². The number of nitrogens with one attached hydrogen (secondary N) is 1. The molecular weight excluding hydrogens is 266 g/mol. The van der Waals surface area contributed by atoms with Crippen molar-refractivity contribution in [2.45, 2.75) is 12.5 Å². The Morgan fingerprint density at radius 1 is 1.14 bits per heavy atom. The number of anilines is 1. The zero-order chi connectivity index (χ0) is 14.1. The fourth-order valence-corrected chi connectivity index (χ4v) is 2.56. The van der Waals surface area contributed by atoms with Gasteiger partial charge in [0.2, 0.25) is 5.71 Å². The number of furan rings is 1. The average molecular weight is 281 g/mol. The number of nitrogens with zero attached hydrogens (tertiary/aromatic N) is 2. The zero-order valence-electron chi connectivity index (χ0n) is 11.5. The molecule has 3 aromatic rings. The molecule has 5 nitrogen and oxygen atoms in total. The summed E-state index contributed by atoms with van der Waals surface area (Å²) in [6.07, 6.45) is 2.52. The van der Waals surface area contributed by atoms with Gasteiger partial charge in [0, 0.05) is 12.2 Å². The molecule has 3 heterocycles. The van der Waals surface area contributed by atoms with E-state index in [4.69, 9.17) is 9.15 Å². The first kappa shape index (κ1) is 12.3. The van der Waals surface area contributed by atoms with E-state index in [9.17, 15) is 0 Å². The van der Waals surface area contributed by atoms with E-state index in [0.717, 1.165) is 42.2 Å². The second kappa shape index (κ2) is 5.18. The van der Waals surface area contributed by atoms with E-state index in [1.54, 1.807) is 0 Å². The lowest BCUT2D eigenvalue weighted by molar-refractivity contribution is 0.195. The van der Waals surface area contributed by atoms with Gasteiger partial charge in [-0.25, -0.2) is 9.97 Å². The van der Waals surface area contributed by atoms with Gasteiger partial charge in [0.05, 0.1) is 18.0 Å². The maximum Gasteiger partial charge on any atom is 0.231 e. The third-order valence-corrected chi connectivity index (χ3v) is 3.66. The summed E-state index contributed by atoms with van der Waals surface area (Å²) in [5.41, 5.74) is 1.64. The Morgan fingerprint density at radius 3 is 2.86 bits per heavy atom. The summed E-state index contributed by atoms with van der Waals surface area (Å²) >= 11 is 0. The highest BCUT2D eigenvalue weighted by Crippen LogP contribution is 2.30. The van der Waals surface area contributed by atoms with Gasteiger partial charge in [0.15, 0.2) is 0 Å². The minimum Gasteiger partial charge on any atom is -0.438 e. The van der Waals surface area contributed by atoms with Gasteiger partial charge in [-0.2, -0.15) is 0 Å². The number of hydrogen-bond acceptors (Lipinski definition) is 5. The fourth-order valence-electron chi connectivity index (χ4n) is 2.56. The molecule has 0 bridgehead atoms. The molecule has 1 aliphatic rings. The Morgan fingerprint density at radius 2 is 2.05 bits per heavy atom. The smallest absolute Gasteiger partial charge is 0.231 e. The van der Waals surface area contributed by atoms with Crippen LogP contribution in [0.1, 0.15) is 6.42 Å². The first-order valence-corrected chi connectivity index (χ1v) is 7.04. The monoisotopic (exact) mass is 281 g/mol. The van der Waals surface area contributed by atoms with Gasteiger partial charge in [-0.05, 0) is 12.5 Å². The molecule has 5 heteroatoms. The molecule has 0 spiro atoms. The summed E-state index contributed by atoms with van der Waals surface area (Å²) in [5, 5.41) is 4.32. The van der Waals surface area contributed by atoms with Crippen molar-refractivity contribution in [1.82, 2.24) is 9.97 Å². The van der Waals surface area contributed by atoms with Crippen molar-refractivity contribution in [1.29, 1.82) is 0 Å². The lowest BCUT2D eigenvalue weighted by Crippen LogP contribution is -2.19.